The molecule has 180 valence electrons. The second-order valence-electron chi connectivity index (χ2n) is 8.68. The van der Waals surface area contributed by atoms with Crippen LogP contribution in [0.2, 0.25) is 0 Å². The minimum absolute atomic E-state index is 0.0496. The van der Waals surface area contributed by atoms with Gasteiger partial charge in [-0.2, -0.15) is 0 Å². The quantitative estimate of drug-likeness (QED) is 0.342. The summed E-state index contributed by atoms with van der Waals surface area (Å²) in [4.78, 5) is 25.5. The van der Waals surface area contributed by atoms with Crippen molar-refractivity contribution in [2.45, 2.75) is 25.8 Å². The summed E-state index contributed by atoms with van der Waals surface area (Å²) in [6.45, 7) is 1.26. The number of benzene rings is 3. The lowest BCUT2D eigenvalue weighted by atomic mass is 10.1. The van der Waals surface area contributed by atoms with Crippen molar-refractivity contribution < 1.29 is 19.4 Å². The summed E-state index contributed by atoms with van der Waals surface area (Å²) in [5.74, 6) is -0.323. The molecule has 1 N–H and O–H groups in total. The van der Waals surface area contributed by atoms with Gasteiger partial charge in [0.1, 0.15) is 5.75 Å². The zero-order valence-electron chi connectivity index (χ0n) is 19.9. The Balaban J connectivity index is 1.45. The molecule has 1 aromatic heterocycles. The molecular formula is C29H30N2O4. The van der Waals surface area contributed by atoms with Crippen LogP contribution in [0.3, 0.4) is 0 Å². The van der Waals surface area contributed by atoms with Crippen molar-refractivity contribution in [2.75, 3.05) is 20.2 Å². The first kappa shape index (κ1) is 24.1. The van der Waals surface area contributed by atoms with Crippen LogP contribution in [0.25, 0.3) is 10.9 Å². The van der Waals surface area contributed by atoms with Crippen LogP contribution in [0.4, 0.5) is 0 Å². The zero-order chi connectivity index (χ0) is 24.6. The molecule has 0 aliphatic heterocycles. The van der Waals surface area contributed by atoms with E-state index in [0.29, 0.717) is 25.3 Å². The van der Waals surface area contributed by atoms with Crippen molar-refractivity contribution in [3.63, 3.8) is 0 Å². The predicted octanol–water partition coefficient (Wildman–Crippen LogP) is 4.79. The Labute approximate surface area is 205 Å². The molecule has 4 rings (SSSR count). The van der Waals surface area contributed by atoms with Gasteiger partial charge in [-0.15, -0.1) is 0 Å². The number of aliphatic carboxylic acids is 1. The van der Waals surface area contributed by atoms with E-state index in [1.54, 1.807) is 11.9 Å². The van der Waals surface area contributed by atoms with Gasteiger partial charge in [-0.25, -0.2) is 0 Å². The first-order valence-electron chi connectivity index (χ1n) is 11.8. The molecule has 0 saturated carbocycles. The molecule has 0 unspecified atom stereocenters. The predicted molar refractivity (Wildman–Crippen MR) is 137 cm³/mol. The average Bonchev–Trinajstić information content (AvgIpc) is 3.22. The molecule has 35 heavy (non-hydrogen) atoms. The van der Waals surface area contributed by atoms with Gasteiger partial charge in [0.05, 0.1) is 0 Å². The van der Waals surface area contributed by atoms with E-state index in [4.69, 9.17) is 4.74 Å². The maximum absolute atomic E-state index is 12.6. The third-order valence-electron chi connectivity index (χ3n) is 6.11. The van der Waals surface area contributed by atoms with Crippen molar-refractivity contribution in [2.24, 2.45) is 0 Å². The van der Waals surface area contributed by atoms with Gasteiger partial charge in [-0.05, 0) is 47.7 Å². The summed E-state index contributed by atoms with van der Waals surface area (Å²) in [5, 5.41) is 10.1. The van der Waals surface area contributed by atoms with Crippen molar-refractivity contribution in [3.8, 4) is 5.75 Å². The highest BCUT2D eigenvalue weighted by molar-refractivity contribution is 5.86. The highest BCUT2D eigenvalue weighted by atomic mass is 16.5. The Kier molecular flexibility index (Phi) is 7.83. The maximum atomic E-state index is 12.6. The number of carboxylic acid groups (broad SMARTS) is 1. The number of aryl methyl sites for hydroxylation is 1. The molecule has 0 saturated heterocycles. The Morgan fingerprint density at radius 2 is 1.60 bits per heavy atom. The van der Waals surface area contributed by atoms with Gasteiger partial charge in [0.2, 0.25) is 0 Å². The number of ether oxygens (including phenoxy) is 1. The van der Waals surface area contributed by atoms with Crippen LogP contribution >= 0.6 is 0 Å². The van der Waals surface area contributed by atoms with E-state index in [0.717, 1.165) is 22.9 Å². The molecule has 0 spiro atoms. The smallest absolute Gasteiger partial charge is 0.303 e. The summed E-state index contributed by atoms with van der Waals surface area (Å²) < 4.78 is 7.97. The van der Waals surface area contributed by atoms with Gasteiger partial charge in [-0.1, -0.05) is 60.7 Å². The number of fused-ring (bicyclic) bond motifs is 1. The highest BCUT2D eigenvalue weighted by Gasteiger charge is 2.14. The van der Waals surface area contributed by atoms with Crippen LogP contribution in [0, 0.1) is 0 Å². The van der Waals surface area contributed by atoms with Crippen molar-refractivity contribution in [3.05, 3.63) is 102 Å². The monoisotopic (exact) mass is 470 g/mol. The minimum Gasteiger partial charge on any atom is -0.484 e. The van der Waals surface area contributed by atoms with Crippen LogP contribution in [0.15, 0.2) is 85.1 Å². The van der Waals surface area contributed by atoms with E-state index in [-0.39, 0.29) is 18.9 Å². The van der Waals surface area contributed by atoms with Gasteiger partial charge < -0.3 is 19.3 Å². The third kappa shape index (κ3) is 6.51. The molecule has 0 fully saturated rings. The third-order valence-corrected chi connectivity index (χ3v) is 6.11. The molecule has 6 nitrogen and oxygen atoms in total. The molecule has 6 heteroatoms. The van der Waals surface area contributed by atoms with E-state index >= 15 is 0 Å². The fourth-order valence-electron chi connectivity index (χ4n) is 4.11. The fourth-order valence-corrected chi connectivity index (χ4v) is 4.11. The van der Waals surface area contributed by atoms with Gasteiger partial charge in [0.15, 0.2) is 6.61 Å². The summed E-state index contributed by atoms with van der Waals surface area (Å²) in [6.07, 6.45) is 3.29. The van der Waals surface area contributed by atoms with Crippen LogP contribution in [-0.2, 0) is 29.0 Å². The van der Waals surface area contributed by atoms with Crippen LogP contribution < -0.4 is 4.74 Å². The molecule has 0 aliphatic rings. The lowest BCUT2D eigenvalue weighted by molar-refractivity contribution is -0.137. The molecule has 0 atom stereocenters. The second kappa shape index (κ2) is 11.4. The van der Waals surface area contributed by atoms with Crippen molar-refractivity contribution in [1.29, 1.82) is 0 Å². The maximum Gasteiger partial charge on any atom is 0.303 e. The topological polar surface area (TPSA) is 71.8 Å². The Bertz CT molecular complexity index is 1280. The number of aromatic nitrogens is 1. The van der Waals surface area contributed by atoms with Gasteiger partial charge in [0.25, 0.3) is 5.91 Å². The standard InChI is InChI=1S/C29H30N2O4/c1-30(17-16-22-8-4-2-5-9-22)28(32)21-35-25-13-14-27-26(18-25)24(12-15-29(33)34)20-31(27)19-23-10-6-3-7-11-23/h2-11,13-14,18,20H,12,15-17,19,21H2,1H3,(H,33,34). The molecule has 1 amide bonds. The number of carbonyl (C=O) groups is 2. The molecule has 1 heterocycles. The second-order valence-corrected chi connectivity index (χ2v) is 8.68. The summed E-state index contributed by atoms with van der Waals surface area (Å²) >= 11 is 0. The zero-order valence-corrected chi connectivity index (χ0v) is 19.9. The summed E-state index contributed by atoms with van der Waals surface area (Å²) in [7, 11) is 1.78. The number of carboxylic acids is 1. The molecule has 4 aromatic rings. The summed E-state index contributed by atoms with van der Waals surface area (Å²) in [6, 6.07) is 26.0. The Morgan fingerprint density at radius 1 is 0.914 bits per heavy atom. The van der Waals surface area contributed by atoms with Crippen LogP contribution in [0.1, 0.15) is 23.1 Å². The minimum atomic E-state index is -0.828. The van der Waals surface area contributed by atoms with Crippen LogP contribution in [-0.4, -0.2) is 46.6 Å². The number of nitrogens with zero attached hydrogens (tertiary/aromatic N) is 2. The number of carbonyl (C=O) groups excluding carboxylic acids is 1. The lowest BCUT2D eigenvalue weighted by Crippen LogP contribution is -2.33. The van der Waals surface area contributed by atoms with Gasteiger partial charge in [-0.3, -0.25) is 9.59 Å². The number of likely N-dealkylation sites (N-methyl/N-ethyl adjacent to an activating group) is 1. The van der Waals surface area contributed by atoms with Crippen molar-refractivity contribution in [1.82, 2.24) is 9.47 Å². The van der Waals surface area contributed by atoms with E-state index in [2.05, 4.69) is 28.8 Å². The number of rotatable bonds is 11. The number of amides is 1. The summed E-state index contributed by atoms with van der Waals surface area (Å²) in [5.41, 5.74) is 4.31. The number of hydrogen-bond donors (Lipinski definition) is 1. The van der Waals surface area contributed by atoms with E-state index in [1.165, 1.54) is 11.1 Å². The van der Waals surface area contributed by atoms with E-state index in [1.807, 2.05) is 60.8 Å². The molecular weight excluding hydrogens is 440 g/mol. The van der Waals surface area contributed by atoms with Crippen molar-refractivity contribution >= 4 is 22.8 Å². The SMILES string of the molecule is CN(CCc1ccccc1)C(=O)COc1ccc2c(c1)c(CCC(=O)O)cn2Cc1ccccc1. The highest BCUT2D eigenvalue weighted by Crippen LogP contribution is 2.28. The first-order chi connectivity index (χ1) is 17.0. The first-order valence-corrected chi connectivity index (χ1v) is 11.8. The van der Waals surface area contributed by atoms with E-state index in [9.17, 15) is 14.7 Å². The molecule has 3 aromatic carbocycles. The lowest BCUT2D eigenvalue weighted by Gasteiger charge is -2.17. The van der Waals surface area contributed by atoms with Crippen LogP contribution in [0.5, 0.6) is 5.75 Å². The molecule has 0 bridgehead atoms. The van der Waals surface area contributed by atoms with Gasteiger partial charge in [0, 0.05) is 43.7 Å². The Hall–Kier alpha value is -4.06. The average molecular weight is 471 g/mol. The number of hydrogen-bond acceptors (Lipinski definition) is 3. The Morgan fingerprint density at radius 3 is 2.29 bits per heavy atom. The fraction of sp³-hybridized carbons (Fsp3) is 0.241. The van der Waals surface area contributed by atoms with Gasteiger partial charge >= 0.3 is 5.97 Å². The normalized spacial score (nSPS) is 10.9. The molecule has 0 aliphatic carbocycles. The molecule has 0 radical (unpaired) electrons. The largest absolute Gasteiger partial charge is 0.484 e. The van der Waals surface area contributed by atoms with E-state index < -0.39 is 5.97 Å².